The molecule has 0 aliphatic heterocycles. The molecule has 0 saturated carbocycles. The molecule has 0 aromatic heterocycles. The van der Waals surface area contributed by atoms with Crippen molar-refractivity contribution in [2.75, 3.05) is 5.32 Å². The van der Waals surface area contributed by atoms with E-state index in [2.05, 4.69) is 21.2 Å². The summed E-state index contributed by atoms with van der Waals surface area (Å²) in [6.07, 6.45) is 0. The van der Waals surface area contributed by atoms with Crippen molar-refractivity contribution in [3.63, 3.8) is 0 Å². The maximum absolute atomic E-state index is 12.0. The number of nitrogens with one attached hydrogen (secondary N) is 1. The van der Waals surface area contributed by atoms with Gasteiger partial charge in [0, 0.05) is 10.0 Å². The predicted molar refractivity (Wildman–Crippen MR) is 79.9 cm³/mol. The van der Waals surface area contributed by atoms with Crippen molar-refractivity contribution in [1.29, 1.82) is 0 Å². The molecule has 0 heterocycles. The van der Waals surface area contributed by atoms with Gasteiger partial charge < -0.3 is 10.4 Å². The number of phenols is 1. The van der Waals surface area contributed by atoms with Crippen LogP contribution in [0, 0.1) is 6.92 Å². The number of amides is 1. The summed E-state index contributed by atoms with van der Waals surface area (Å²) >= 11 is 9.20. The Morgan fingerprint density at radius 3 is 2.63 bits per heavy atom. The van der Waals surface area contributed by atoms with Gasteiger partial charge >= 0.3 is 0 Å². The fraction of sp³-hybridized carbons (Fsp3) is 0.0714. The minimum atomic E-state index is -0.325. The molecular formula is C14H11BrClNO2. The Balaban J connectivity index is 2.23. The van der Waals surface area contributed by atoms with Gasteiger partial charge in [-0.25, -0.2) is 0 Å². The predicted octanol–water partition coefficient (Wildman–Crippen LogP) is 4.37. The molecule has 0 aliphatic carbocycles. The largest absolute Gasteiger partial charge is 0.506 e. The van der Waals surface area contributed by atoms with Crippen molar-refractivity contribution < 1.29 is 9.90 Å². The van der Waals surface area contributed by atoms with Crippen molar-refractivity contribution >= 4 is 39.1 Å². The summed E-state index contributed by atoms with van der Waals surface area (Å²) < 4.78 is 0.726. The van der Waals surface area contributed by atoms with Crippen LogP contribution >= 0.6 is 27.5 Å². The van der Waals surface area contributed by atoms with Crippen LogP contribution in [0.2, 0.25) is 5.02 Å². The summed E-state index contributed by atoms with van der Waals surface area (Å²) in [7, 11) is 0. The van der Waals surface area contributed by atoms with Crippen molar-refractivity contribution in [3.05, 3.63) is 57.0 Å². The van der Waals surface area contributed by atoms with Crippen LogP contribution in [-0.2, 0) is 0 Å². The van der Waals surface area contributed by atoms with E-state index >= 15 is 0 Å². The Hall–Kier alpha value is -1.52. The highest BCUT2D eigenvalue weighted by Crippen LogP contribution is 2.26. The van der Waals surface area contributed by atoms with Gasteiger partial charge in [0.1, 0.15) is 5.75 Å². The summed E-state index contributed by atoms with van der Waals surface area (Å²) in [5, 5.41) is 12.8. The van der Waals surface area contributed by atoms with E-state index in [1.807, 2.05) is 13.0 Å². The number of anilines is 1. The molecule has 2 rings (SSSR count). The zero-order chi connectivity index (χ0) is 14.0. The second kappa shape index (κ2) is 5.63. The van der Waals surface area contributed by atoms with Crippen LogP contribution < -0.4 is 5.32 Å². The van der Waals surface area contributed by atoms with Crippen LogP contribution in [0.1, 0.15) is 15.9 Å². The molecule has 5 heteroatoms. The molecule has 0 bridgehead atoms. The van der Waals surface area contributed by atoms with Gasteiger partial charge in [0.05, 0.1) is 10.7 Å². The van der Waals surface area contributed by atoms with E-state index < -0.39 is 0 Å². The Bertz CT molecular complexity index is 643. The Morgan fingerprint density at radius 1 is 1.26 bits per heavy atom. The molecule has 1 amide bonds. The summed E-state index contributed by atoms with van der Waals surface area (Å²) in [6, 6.07) is 9.96. The van der Waals surface area contributed by atoms with Gasteiger partial charge in [0.15, 0.2) is 0 Å². The van der Waals surface area contributed by atoms with Gasteiger partial charge in [-0.1, -0.05) is 17.7 Å². The lowest BCUT2D eigenvalue weighted by molar-refractivity contribution is 0.102. The van der Waals surface area contributed by atoms with Gasteiger partial charge in [-0.2, -0.15) is 0 Å². The molecule has 0 fully saturated rings. The monoisotopic (exact) mass is 339 g/mol. The number of hydrogen-bond donors (Lipinski definition) is 2. The number of hydrogen-bond acceptors (Lipinski definition) is 2. The second-order valence-corrected chi connectivity index (χ2v) is 5.37. The van der Waals surface area contributed by atoms with Crippen LogP contribution in [-0.4, -0.2) is 11.0 Å². The lowest BCUT2D eigenvalue weighted by Gasteiger charge is -2.08. The fourth-order valence-corrected chi connectivity index (χ4v) is 2.01. The van der Waals surface area contributed by atoms with Crippen molar-refractivity contribution in [2.24, 2.45) is 0 Å². The Kier molecular flexibility index (Phi) is 4.12. The first-order valence-electron chi connectivity index (χ1n) is 5.53. The van der Waals surface area contributed by atoms with E-state index in [1.54, 1.807) is 30.3 Å². The summed E-state index contributed by atoms with van der Waals surface area (Å²) in [5.41, 5.74) is 1.71. The third-order valence-electron chi connectivity index (χ3n) is 2.58. The van der Waals surface area contributed by atoms with Gasteiger partial charge in [0.2, 0.25) is 0 Å². The minimum absolute atomic E-state index is 0.0385. The molecule has 3 nitrogen and oxygen atoms in total. The van der Waals surface area contributed by atoms with E-state index in [1.165, 1.54) is 0 Å². The van der Waals surface area contributed by atoms with E-state index in [-0.39, 0.29) is 11.7 Å². The number of carbonyl (C=O) groups is 1. The molecule has 0 spiro atoms. The number of halogens is 2. The van der Waals surface area contributed by atoms with E-state index in [0.29, 0.717) is 16.3 Å². The molecule has 2 aromatic carbocycles. The first-order chi connectivity index (χ1) is 8.97. The van der Waals surface area contributed by atoms with Crippen LogP contribution in [0.15, 0.2) is 40.9 Å². The molecule has 0 atom stereocenters. The summed E-state index contributed by atoms with van der Waals surface area (Å²) in [5.74, 6) is -0.287. The van der Waals surface area contributed by atoms with Gasteiger partial charge in [0.25, 0.3) is 5.91 Å². The molecule has 19 heavy (non-hydrogen) atoms. The van der Waals surface area contributed by atoms with E-state index in [9.17, 15) is 9.90 Å². The highest BCUT2D eigenvalue weighted by Gasteiger charge is 2.10. The highest BCUT2D eigenvalue weighted by atomic mass is 79.9. The van der Waals surface area contributed by atoms with Gasteiger partial charge in [-0.05, 0) is 58.7 Å². The smallest absolute Gasteiger partial charge is 0.255 e. The van der Waals surface area contributed by atoms with Crippen LogP contribution in [0.5, 0.6) is 5.75 Å². The molecule has 2 N–H and O–H groups in total. The lowest BCUT2D eigenvalue weighted by Crippen LogP contribution is -2.12. The minimum Gasteiger partial charge on any atom is -0.506 e. The second-order valence-electron chi connectivity index (χ2n) is 4.10. The number of aryl methyl sites for hydroxylation is 1. The van der Waals surface area contributed by atoms with E-state index in [4.69, 9.17) is 11.6 Å². The average Bonchev–Trinajstić information content (AvgIpc) is 2.36. The first kappa shape index (κ1) is 13.9. The van der Waals surface area contributed by atoms with Gasteiger partial charge in [-0.15, -0.1) is 0 Å². The van der Waals surface area contributed by atoms with Crippen LogP contribution in [0.25, 0.3) is 0 Å². The third kappa shape index (κ3) is 3.28. The number of aromatic hydroxyl groups is 1. The Morgan fingerprint density at radius 2 is 2.00 bits per heavy atom. The van der Waals surface area contributed by atoms with Crippen molar-refractivity contribution in [2.45, 2.75) is 6.92 Å². The molecule has 0 saturated heterocycles. The lowest BCUT2D eigenvalue weighted by atomic mass is 10.2. The third-order valence-corrected chi connectivity index (χ3v) is 3.82. The topological polar surface area (TPSA) is 49.3 Å². The van der Waals surface area contributed by atoms with Crippen LogP contribution in [0.3, 0.4) is 0 Å². The maximum Gasteiger partial charge on any atom is 0.255 e. The number of phenolic OH excluding ortho intramolecular Hbond substituents is 1. The molecule has 0 unspecified atom stereocenters. The quantitative estimate of drug-likeness (QED) is 0.798. The average molecular weight is 341 g/mol. The molecule has 0 aliphatic rings. The molecule has 98 valence electrons. The zero-order valence-corrected chi connectivity index (χ0v) is 12.4. The summed E-state index contributed by atoms with van der Waals surface area (Å²) in [6.45, 7) is 1.86. The standard InChI is InChI=1S/C14H11BrClNO2/c1-8-2-5-12(13(18)6-8)17-14(19)9-3-4-10(15)11(16)7-9/h2-7,18H,1H3,(H,17,19). The maximum atomic E-state index is 12.0. The van der Waals surface area contributed by atoms with Crippen molar-refractivity contribution in [1.82, 2.24) is 0 Å². The SMILES string of the molecule is Cc1ccc(NC(=O)c2ccc(Br)c(Cl)c2)c(O)c1. The highest BCUT2D eigenvalue weighted by molar-refractivity contribution is 9.10. The fourth-order valence-electron chi connectivity index (χ4n) is 1.58. The first-order valence-corrected chi connectivity index (χ1v) is 6.70. The number of rotatable bonds is 2. The summed E-state index contributed by atoms with van der Waals surface area (Å²) in [4.78, 5) is 12.0. The normalized spacial score (nSPS) is 10.3. The number of benzene rings is 2. The van der Waals surface area contributed by atoms with Crippen LogP contribution in [0.4, 0.5) is 5.69 Å². The molecule has 2 aromatic rings. The zero-order valence-electron chi connectivity index (χ0n) is 10.1. The molecular weight excluding hydrogens is 330 g/mol. The van der Waals surface area contributed by atoms with Gasteiger partial charge in [-0.3, -0.25) is 4.79 Å². The van der Waals surface area contributed by atoms with Crippen molar-refractivity contribution in [3.8, 4) is 5.75 Å². The van der Waals surface area contributed by atoms with E-state index in [0.717, 1.165) is 10.0 Å². The number of carbonyl (C=O) groups excluding carboxylic acids is 1. The molecule has 0 radical (unpaired) electrons. The Labute approximate surface area is 124 Å².